The van der Waals surface area contributed by atoms with Crippen LogP contribution in [0.1, 0.15) is 34.5 Å². The van der Waals surface area contributed by atoms with Crippen LogP contribution in [0.15, 0.2) is 18.2 Å². The minimum Gasteiger partial charge on any atom is -0.461 e. The Bertz CT molecular complexity index is 609. The fourth-order valence-electron chi connectivity index (χ4n) is 1.86. The number of aryl methyl sites for hydroxylation is 1. The number of carbonyl (C=O) groups excluding carboxylic acids is 1. The molecule has 106 valence electrons. The molecule has 0 amide bonds. The van der Waals surface area contributed by atoms with E-state index in [9.17, 15) is 4.79 Å². The van der Waals surface area contributed by atoms with E-state index in [2.05, 4.69) is 15.3 Å². The summed E-state index contributed by atoms with van der Waals surface area (Å²) in [6.07, 6.45) is 0. The summed E-state index contributed by atoms with van der Waals surface area (Å²) >= 11 is 0. The smallest absolute Gasteiger partial charge is 0.360 e. The molecule has 0 radical (unpaired) electrons. The topological polar surface area (TPSA) is 95.9 Å². The maximum absolute atomic E-state index is 11.7. The largest absolute Gasteiger partial charge is 0.461 e. The van der Waals surface area contributed by atoms with E-state index in [0.29, 0.717) is 12.2 Å². The fraction of sp³-hybridized carbons (Fsp3) is 0.385. The molecule has 2 rings (SSSR count). The maximum Gasteiger partial charge on any atom is 0.360 e. The van der Waals surface area contributed by atoms with Crippen LogP contribution in [0.4, 0.5) is 0 Å². The lowest BCUT2D eigenvalue weighted by Gasteiger charge is -2.06. The monoisotopic (exact) mass is 275 g/mol. The SMILES string of the molecule is CCOC(=O)c1nnn(Cc2cccc(C)n2)c1CN. The van der Waals surface area contributed by atoms with Gasteiger partial charge in [0.2, 0.25) is 0 Å². The number of nitrogens with zero attached hydrogens (tertiary/aromatic N) is 4. The Morgan fingerprint density at radius 2 is 2.25 bits per heavy atom. The summed E-state index contributed by atoms with van der Waals surface area (Å²) in [5.41, 5.74) is 8.15. The summed E-state index contributed by atoms with van der Waals surface area (Å²) in [5.74, 6) is -0.503. The molecule has 0 fully saturated rings. The molecular weight excluding hydrogens is 258 g/mol. The van der Waals surface area contributed by atoms with E-state index < -0.39 is 5.97 Å². The van der Waals surface area contributed by atoms with E-state index in [0.717, 1.165) is 11.4 Å². The lowest BCUT2D eigenvalue weighted by molar-refractivity contribution is 0.0518. The molecule has 2 N–H and O–H groups in total. The molecule has 0 aliphatic rings. The molecule has 0 spiro atoms. The first-order chi connectivity index (χ1) is 9.65. The second kappa shape index (κ2) is 6.25. The Kier molecular flexibility index (Phi) is 4.41. The summed E-state index contributed by atoms with van der Waals surface area (Å²) in [6, 6.07) is 5.72. The zero-order chi connectivity index (χ0) is 14.5. The lowest BCUT2D eigenvalue weighted by Crippen LogP contribution is -2.15. The number of nitrogens with two attached hydrogens (primary N) is 1. The first kappa shape index (κ1) is 14.1. The van der Waals surface area contributed by atoms with Gasteiger partial charge in [0.1, 0.15) is 0 Å². The van der Waals surface area contributed by atoms with Crippen LogP contribution in [-0.4, -0.2) is 32.6 Å². The van der Waals surface area contributed by atoms with Crippen molar-refractivity contribution in [2.45, 2.75) is 26.9 Å². The average molecular weight is 275 g/mol. The normalized spacial score (nSPS) is 10.6. The molecule has 0 aliphatic heterocycles. The number of pyridine rings is 1. The van der Waals surface area contributed by atoms with Gasteiger partial charge in [-0.15, -0.1) is 5.10 Å². The molecule has 0 atom stereocenters. The number of hydrogen-bond donors (Lipinski definition) is 1. The van der Waals surface area contributed by atoms with Gasteiger partial charge in [-0.1, -0.05) is 11.3 Å². The molecule has 7 heteroatoms. The van der Waals surface area contributed by atoms with Crippen molar-refractivity contribution in [2.24, 2.45) is 5.73 Å². The fourth-order valence-corrected chi connectivity index (χ4v) is 1.86. The molecule has 0 aromatic carbocycles. The lowest BCUT2D eigenvalue weighted by atomic mass is 10.3. The van der Waals surface area contributed by atoms with Crippen molar-refractivity contribution in [3.8, 4) is 0 Å². The van der Waals surface area contributed by atoms with Crippen LogP contribution in [0.2, 0.25) is 0 Å². The van der Waals surface area contributed by atoms with Crippen molar-refractivity contribution in [2.75, 3.05) is 6.61 Å². The molecule has 2 aromatic heterocycles. The Balaban J connectivity index is 2.27. The molecule has 0 saturated carbocycles. The van der Waals surface area contributed by atoms with Crippen LogP contribution >= 0.6 is 0 Å². The zero-order valence-electron chi connectivity index (χ0n) is 11.5. The quantitative estimate of drug-likeness (QED) is 0.805. The van der Waals surface area contributed by atoms with Crippen LogP contribution in [-0.2, 0) is 17.8 Å². The molecule has 0 saturated heterocycles. The molecule has 7 nitrogen and oxygen atoms in total. The third-order valence-electron chi connectivity index (χ3n) is 2.76. The van der Waals surface area contributed by atoms with Crippen molar-refractivity contribution >= 4 is 5.97 Å². The van der Waals surface area contributed by atoms with Gasteiger partial charge in [-0.3, -0.25) is 4.98 Å². The zero-order valence-corrected chi connectivity index (χ0v) is 11.5. The van der Waals surface area contributed by atoms with Gasteiger partial charge in [-0.2, -0.15) is 0 Å². The van der Waals surface area contributed by atoms with E-state index in [1.807, 2.05) is 25.1 Å². The second-order valence-electron chi connectivity index (χ2n) is 4.24. The standard InChI is InChI=1S/C13H17N5O2/c1-3-20-13(19)12-11(7-14)18(17-16-12)8-10-6-4-5-9(2)15-10/h4-6H,3,7-8,14H2,1-2H3. The van der Waals surface area contributed by atoms with E-state index in [4.69, 9.17) is 10.5 Å². The number of ether oxygens (including phenoxy) is 1. The first-order valence-corrected chi connectivity index (χ1v) is 6.37. The molecule has 2 aromatic rings. The summed E-state index contributed by atoms with van der Waals surface area (Å²) in [5, 5.41) is 7.82. The summed E-state index contributed by atoms with van der Waals surface area (Å²) in [4.78, 5) is 16.1. The number of carbonyl (C=O) groups is 1. The summed E-state index contributed by atoms with van der Waals surface area (Å²) < 4.78 is 6.50. The van der Waals surface area contributed by atoms with Gasteiger partial charge in [0, 0.05) is 12.2 Å². The van der Waals surface area contributed by atoms with Crippen molar-refractivity contribution in [1.29, 1.82) is 0 Å². The first-order valence-electron chi connectivity index (χ1n) is 6.37. The number of aromatic nitrogens is 4. The summed E-state index contributed by atoms with van der Waals surface area (Å²) in [7, 11) is 0. The Hall–Kier alpha value is -2.28. The van der Waals surface area contributed by atoms with Crippen LogP contribution in [0, 0.1) is 6.92 Å². The van der Waals surface area contributed by atoms with E-state index in [-0.39, 0.29) is 18.8 Å². The molecule has 0 unspecified atom stereocenters. The molecular formula is C13H17N5O2. The number of esters is 1. The average Bonchev–Trinajstić information content (AvgIpc) is 2.82. The van der Waals surface area contributed by atoms with E-state index in [1.165, 1.54) is 0 Å². The van der Waals surface area contributed by atoms with Gasteiger partial charge in [0.05, 0.1) is 24.5 Å². The molecule has 2 heterocycles. The Morgan fingerprint density at radius 1 is 1.45 bits per heavy atom. The van der Waals surface area contributed by atoms with Crippen molar-refractivity contribution in [3.05, 3.63) is 41.0 Å². The van der Waals surface area contributed by atoms with Crippen molar-refractivity contribution < 1.29 is 9.53 Å². The predicted octanol–water partition coefficient (Wildman–Crippen LogP) is 0.665. The Morgan fingerprint density at radius 3 is 2.90 bits per heavy atom. The van der Waals surface area contributed by atoms with Crippen LogP contribution < -0.4 is 5.73 Å². The van der Waals surface area contributed by atoms with Crippen LogP contribution in [0.3, 0.4) is 0 Å². The van der Waals surface area contributed by atoms with Gasteiger partial charge in [-0.05, 0) is 26.0 Å². The van der Waals surface area contributed by atoms with Crippen LogP contribution in [0.25, 0.3) is 0 Å². The summed E-state index contributed by atoms with van der Waals surface area (Å²) in [6.45, 7) is 4.52. The number of rotatable bonds is 5. The number of hydrogen-bond acceptors (Lipinski definition) is 6. The minimum atomic E-state index is -0.503. The Labute approximate surface area is 116 Å². The van der Waals surface area contributed by atoms with Crippen molar-refractivity contribution in [3.63, 3.8) is 0 Å². The van der Waals surface area contributed by atoms with Crippen molar-refractivity contribution in [1.82, 2.24) is 20.0 Å². The van der Waals surface area contributed by atoms with Gasteiger partial charge in [0.15, 0.2) is 5.69 Å². The van der Waals surface area contributed by atoms with Gasteiger partial charge in [-0.25, -0.2) is 9.48 Å². The van der Waals surface area contributed by atoms with Gasteiger partial charge >= 0.3 is 5.97 Å². The maximum atomic E-state index is 11.7. The highest BCUT2D eigenvalue weighted by atomic mass is 16.5. The highest BCUT2D eigenvalue weighted by Crippen LogP contribution is 2.09. The third kappa shape index (κ3) is 3.00. The molecule has 0 bridgehead atoms. The molecule has 0 aliphatic carbocycles. The van der Waals surface area contributed by atoms with Crippen LogP contribution in [0.5, 0.6) is 0 Å². The van der Waals surface area contributed by atoms with Gasteiger partial charge < -0.3 is 10.5 Å². The minimum absolute atomic E-state index is 0.160. The molecule has 20 heavy (non-hydrogen) atoms. The predicted molar refractivity (Wildman–Crippen MR) is 71.9 cm³/mol. The van der Waals surface area contributed by atoms with E-state index in [1.54, 1.807) is 11.6 Å². The highest BCUT2D eigenvalue weighted by molar-refractivity contribution is 5.88. The van der Waals surface area contributed by atoms with E-state index >= 15 is 0 Å². The second-order valence-corrected chi connectivity index (χ2v) is 4.24. The van der Waals surface area contributed by atoms with Gasteiger partial charge in [0.25, 0.3) is 0 Å². The third-order valence-corrected chi connectivity index (χ3v) is 2.76. The highest BCUT2D eigenvalue weighted by Gasteiger charge is 2.19.